The molecule has 3 rings (SSSR count). The van der Waals surface area contributed by atoms with E-state index < -0.39 is 10.0 Å². The molecule has 0 saturated carbocycles. The molecule has 164 valence electrons. The fourth-order valence-corrected chi connectivity index (χ4v) is 4.98. The Labute approximate surface area is 172 Å². The zero-order valence-corrected chi connectivity index (χ0v) is 18.0. The molecule has 1 atom stereocenters. The van der Waals surface area contributed by atoms with Crippen molar-refractivity contribution in [2.75, 3.05) is 52.7 Å². The van der Waals surface area contributed by atoms with Crippen LogP contribution in [0.25, 0.3) is 0 Å². The lowest BCUT2D eigenvalue weighted by atomic mass is 9.99. The van der Waals surface area contributed by atoms with E-state index in [1.807, 2.05) is 0 Å². The van der Waals surface area contributed by atoms with Crippen molar-refractivity contribution in [2.24, 2.45) is 0 Å². The van der Waals surface area contributed by atoms with Gasteiger partial charge in [-0.25, -0.2) is 17.4 Å². The number of aromatic nitrogens is 4. The van der Waals surface area contributed by atoms with Crippen LogP contribution in [0.2, 0.25) is 0 Å². The van der Waals surface area contributed by atoms with Crippen LogP contribution in [0, 0.1) is 0 Å². The summed E-state index contributed by atoms with van der Waals surface area (Å²) >= 11 is 0. The standard InChI is InChI=1S/C17H31N7O4S/c1-21(17(25)13-22-14-18-19-20-22)8-9-24(15-5-10-28-11-6-15)16-4-3-7-23(12-16)29(2,26)27/h14-16H,3-13H2,1-2H3. The van der Waals surface area contributed by atoms with Crippen LogP contribution in [-0.2, 0) is 26.1 Å². The van der Waals surface area contributed by atoms with E-state index in [0.29, 0.717) is 32.2 Å². The van der Waals surface area contributed by atoms with Crippen molar-refractivity contribution in [1.82, 2.24) is 34.3 Å². The van der Waals surface area contributed by atoms with Crippen molar-refractivity contribution >= 4 is 15.9 Å². The van der Waals surface area contributed by atoms with E-state index in [2.05, 4.69) is 20.4 Å². The van der Waals surface area contributed by atoms with Gasteiger partial charge in [0.1, 0.15) is 12.9 Å². The molecule has 1 aromatic rings. The molecule has 2 fully saturated rings. The Balaban J connectivity index is 1.63. The summed E-state index contributed by atoms with van der Waals surface area (Å²) in [4.78, 5) is 16.5. The lowest BCUT2D eigenvalue weighted by Crippen LogP contribution is -2.55. The quantitative estimate of drug-likeness (QED) is 0.519. The minimum absolute atomic E-state index is 0.0642. The van der Waals surface area contributed by atoms with Gasteiger partial charge in [-0.2, -0.15) is 0 Å². The second kappa shape index (κ2) is 9.92. The zero-order chi connectivity index (χ0) is 20.9. The number of sulfonamides is 1. The molecular weight excluding hydrogens is 398 g/mol. The van der Waals surface area contributed by atoms with Gasteiger partial charge in [-0.15, -0.1) is 5.10 Å². The molecular formula is C17H31N7O4S. The van der Waals surface area contributed by atoms with E-state index in [0.717, 1.165) is 38.9 Å². The van der Waals surface area contributed by atoms with Crippen molar-refractivity contribution in [3.8, 4) is 0 Å². The van der Waals surface area contributed by atoms with Crippen LogP contribution in [0.3, 0.4) is 0 Å². The van der Waals surface area contributed by atoms with Gasteiger partial charge in [-0.3, -0.25) is 9.69 Å². The monoisotopic (exact) mass is 429 g/mol. The molecule has 2 aliphatic heterocycles. The lowest BCUT2D eigenvalue weighted by molar-refractivity contribution is -0.131. The highest BCUT2D eigenvalue weighted by Gasteiger charge is 2.33. The van der Waals surface area contributed by atoms with Gasteiger partial charge < -0.3 is 9.64 Å². The van der Waals surface area contributed by atoms with Gasteiger partial charge in [0.2, 0.25) is 15.9 Å². The van der Waals surface area contributed by atoms with Gasteiger partial charge in [0.05, 0.1) is 6.26 Å². The summed E-state index contributed by atoms with van der Waals surface area (Å²) in [7, 11) is -1.42. The number of amides is 1. The lowest BCUT2D eigenvalue weighted by Gasteiger charge is -2.44. The van der Waals surface area contributed by atoms with Gasteiger partial charge in [-0.1, -0.05) is 0 Å². The Kier molecular flexibility index (Phi) is 7.55. The minimum atomic E-state index is -3.20. The van der Waals surface area contributed by atoms with Crippen LogP contribution in [0.4, 0.5) is 0 Å². The number of hydrogen-bond acceptors (Lipinski definition) is 8. The third kappa shape index (κ3) is 6.17. The van der Waals surface area contributed by atoms with Crippen molar-refractivity contribution in [2.45, 2.75) is 44.3 Å². The number of piperidine rings is 1. The first kappa shape index (κ1) is 22.1. The molecule has 0 radical (unpaired) electrons. The molecule has 1 unspecified atom stereocenters. The second-order valence-electron chi connectivity index (χ2n) is 7.82. The highest BCUT2D eigenvalue weighted by Crippen LogP contribution is 2.24. The maximum Gasteiger partial charge on any atom is 0.244 e. The Morgan fingerprint density at radius 3 is 2.62 bits per heavy atom. The third-order valence-electron chi connectivity index (χ3n) is 5.77. The molecule has 0 N–H and O–H groups in total. The average molecular weight is 430 g/mol. The van der Waals surface area contributed by atoms with Crippen LogP contribution < -0.4 is 0 Å². The molecule has 0 aromatic carbocycles. The molecule has 0 aliphatic carbocycles. The summed E-state index contributed by atoms with van der Waals surface area (Å²) in [5.41, 5.74) is 0. The number of carbonyl (C=O) groups is 1. The van der Waals surface area contributed by atoms with E-state index in [4.69, 9.17) is 4.74 Å². The Bertz CT molecular complexity index is 752. The summed E-state index contributed by atoms with van der Waals surface area (Å²) in [5.74, 6) is -0.0642. The SMILES string of the molecule is CN(CCN(C1CCOCC1)C1CCCN(S(C)(=O)=O)C1)C(=O)Cn1cnnn1. The smallest absolute Gasteiger partial charge is 0.244 e. The Morgan fingerprint density at radius 2 is 1.97 bits per heavy atom. The molecule has 29 heavy (non-hydrogen) atoms. The largest absolute Gasteiger partial charge is 0.381 e. The van der Waals surface area contributed by atoms with E-state index in [1.165, 1.54) is 17.3 Å². The predicted octanol–water partition coefficient (Wildman–Crippen LogP) is -0.963. The number of tetrazole rings is 1. The van der Waals surface area contributed by atoms with Crippen molar-refractivity contribution in [3.63, 3.8) is 0 Å². The zero-order valence-electron chi connectivity index (χ0n) is 17.2. The van der Waals surface area contributed by atoms with E-state index in [9.17, 15) is 13.2 Å². The molecule has 0 bridgehead atoms. The maximum atomic E-state index is 12.4. The van der Waals surface area contributed by atoms with Gasteiger partial charge in [-0.05, 0) is 36.1 Å². The number of likely N-dealkylation sites (N-methyl/N-ethyl adjacent to an activating group) is 1. The van der Waals surface area contributed by atoms with Crippen LogP contribution in [0.5, 0.6) is 0 Å². The maximum absolute atomic E-state index is 12.4. The second-order valence-corrected chi connectivity index (χ2v) is 9.80. The predicted molar refractivity (Wildman–Crippen MR) is 105 cm³/mol. The van der Waals surface area contributed by atoms with Crippen LogP contribution in [0.15, 0.2) is 6.33 Å². The molecule has 3 heterocycles. The third-order valence-corrected chi connectivity index (χ3v) is 7.03. The number of carbonyl (C=O) groups excluding carboxylic acids is 1. The average Bonchev–Trinajstić information content (AvgIpc) is 3.21. The van der Waals surface area contributed by atoms with Crippen molar-refractivity contribution in [3.05, 3.63) is 6.33 Å². The first-order valence-electron chi connectivity index (χ1n) is 10.1. The fraction of sp³-hybridized carbons (Fsp3) is 0.882. The molecule has 2 aliphatic rings. The summed E-state index contributed by atoms with van der Waals surface area (Å²) in [6.07, 6.45) is 6.37. The molecule has 12 heteroatoms. The first-order valence-corrected chi connectivity index (χ1v) is 11.9. The summed E-state index contributed by atoms with van der Waals surface area (Å²) < 4.78 is 32.6. The highest BCUT2D eigenvalue weighted by molar-refractivity contribution is 7.88. The Hall–Kier alpha value is -1.63. The summed E-state index contributed by atoms with van der Waals surface area (Å²) in [6.45, 7) is 3.90. The van der Waals surface area contributed by atoms with Crippen LogP contribution >= 0.6 is 0 Å². The summed E-state index contributed by atoms with van der Waals surface area (Å²) in [6, 6.07) is 0.501. The number of nitrogens with zero attached hydrogens (tertiary/aromatic N) is 7. The van der Waals surface area contributed by atoms with Gasteiger partial charge in [0.15, 0.2) is 0 Å². The molecule has 1 amide bonds. The minimum Gasteiger partial charge on any atom is -0.381 e. The molecule has 11 nitrogen and oxygen atoms in total. The van der Waals surface area contributed by atoms with Crippen molar-refractivity contribution < 1.29 is 17.9 Å². The first-order chi connectivity index (χ1) is 13.8. The van der Waals surface area contributed by atoms with Crippen LogP contribution in [-0.4, -0.2) is 113 Å². The topological polar surface area (TPSA) is 114 Å². The van der Waals surface area contributed by atoms with Gasteiger partial charge >= 0.3 is 0 Å². The van der Waals surface area contributed by atoms with E-state index >= 15 is 0 Å². The number of ether oxygens (including phenoxy) is 1. The highest BCUT2D eigenvalue weighted by atomic mass is 32.2. The van der Waals surface area contributed by atoms with E-state index in [-0.39, 0.29) is 18.5 Å². The Morgan fingerprint density at radius 1 is 1.21 bits per heavy atom. The van der Waals surface area contributed by atoms with Crippen LogP contribution in [0.1, 0.15) is 25.7 Å². The molecule has 1 aromatic heterocycles. The number of hydrogen-bond donors (Lipinski definition) is 0. The fourth-order valence-electron chi connectivity index (χ4n) is 4.08. The van der Waals surface area contributed by atoms with Crippen molar-refractivity contribution in [1.29, 1.82) is 0 Å². The van der Waals surface area contributed by atoms with E-state index in [1.54, 1.807) is 16.3 Å². The van der Waals surface area contributed by atoms with Gasteiger partial charge in [0.25, 0.3) is 0 Å². The molecule has 0 spiro atoms. The summed E-state index contributed by atoms with van der Waals surface area (Å²) in [5, 5.41) is 10.8. The normalized spacial score (nSPS) is 22.1. The molecule has 2 saturated heterocycles. The van der Waals surface area contributed by atoms with Gasteiger partial charge in [0, 0.05) is 58.5 Å². The number of rotatable bonds is 8.